The smallest absolute Gasteiger partial charge is 0.160 e. The van der Waals surface area contributed by atoms with Gasteiger partial charge in [0, 0.05) is 44.1 Å². The van der Waals surface area contributed by atoms with E-state index in [1.807, 2.05) is 18.2 Å². The molecule has 46 heavy (non-hydrogen) atoms. The fraction of sp³-hybridized carbons (Fsp3) is 0.0698. The number of hydrogen-bond acceptors (Lipinski definition) is 2. The van der Waals surface area contributed by atoms with E-state index >= 15 is 0 Å². The Morgan fingerprint density at radius 2 is 1.07 bits per heavy atom. The minimum absolute atomic E-state index is 0.226. The Morgan fingerprint density at radius 1 is 0.478 bits per heavy atom. The molecule has 0 fully saturated rings. The molecule has 0 bridgehead atoms. The summed E-state index contributed by atoms with van der Waals surface area (Å²) in [7, 11) is 0. The maximum absolute atomic E-state index is 5.29. The lowest BCUT2D eigenvalue weighted by molar-refractivity contribution is 0.658. The second-order valence-corrected chi connectivity index (χ2v) is 12.7. The second kappa shape index (κ2) is 10.1. The summed E-state index contributed by atoms with van der Waals surface area (Å²) in [6.07, 6.45) is 0. The molecule has 3 heteroatoms. The van der Waals surface area contributed by atoms with Gasteiger partial charge in [0.05, 0.1) is 22.4 Å². The van der Waals surface area contributed by atoms with Crippen molar-refractivity contribution in [1.82, 2.24) is 14.5 Å². The average Bonchev–Trinajstić information content (AvgIpc) is 3.57. The van der Waals surface area contributed by atoms with Crippen molar-refractivity contribution in [1.29, 1.82) is 0 Å². The van der Waals surface area contributed by atoms with Crippen LogP contribution < -0.4 is 0 Å². The van der Waals surface area contributed by atoms with Crippen LogP contribution in [0.5, 0.6) is 0 Å². The van der Waals surface area contributed by atoms with E-state index in [9.17, 15) is 0 Å². The second-order valence-electron chi connectivity index (χ2n) is 12.7. The molecule has 0 amide bonds. The molecule has 9 rings (SSSR count). The number of nitrogens with zero attached hydrogens (tertiary/aromatic N) is 3. The Bertz CT molecular complexity index is 2380. The molecule has 1 aliphatic carbocycles. The lowest BCUT2D eigenvalue weighted by Gasteiger charge is -2.24. The molecule has 218 valence electrons. The van der Waals surface area contributed by atoms with E-state index in [-0.39, 0.29) is 5.41 Å². The highest BCUT2D eigenvalue weighted by molar-refractivity contribution is 6.09. The number of aromatic nitrogens is 3. The van der Waals surface area contributed by atoms with Crippen molar-refractivity contribution in [2.45, 2.75) is 19.3 Å². The fourth-order valence-corrected chi connectivity index (χ4v) is 7.39. The third-order valence-electron chi connectivity index (χ3n) is 9.60. The third kappa shape index (κ3) is 3.98. The molecule has 0 spiro atoms. The van der Waals surface area contributed by atoms with Gasteiger partial charge in [-0.05, 0) is 47.0 Å². The first kappa shape index (κ1) is 26.6. The molecule has 3 nitrogen and oxygen atoms in total. The first-order valence-corrected chi connectivity index (χ1v) is 15.9. The Labute approximate surface area is 268 Å². The summed E-state index contributed by atoms with van der Waals surface area (Å²) in [5.74, 6) is 0.753. The number of para-hydroxylation sites is 2. The van der Waals surface area contributed by atoms with E-state index in [1.165, 1.54) is 44.1 Å². The molecular weight excluding hydrogens is 558 g/mol. The quantitative estimate of drug-likeness (QED) is 0.204. The highest BCUT2D eigenvalue weighted by atomic mass is 15.0. The van der Waals surface area contributed by atoms with Crippen molar-refractivity contribution in [3.8, 4) is 50.7 Å². The van der Waals surface area contributed by atoms with Gasteiger partial charge in [-0.1, -0.05) is 135 Å². The monoisotopic (exact) mass is 589 g/mol. The van der Waals surface area contributed by atoms with Gasteiger partial charge < -0.3 is 4.57 Å². The lowest BCUT2D eigenvalue weighted by atomic mass is 9.80. The summed E-state index contributed by atoms with van der Waals surface area (Å²) in [6, 6.07) is 54.0. The number of fused-ring (bicyclic) bond motifs is 6. The van der Waals surface area contributed by atoms with Crippen LogP contribution in [-0.2, 0) is 5.41 Å². The molecular formula is C43H31N3. The van der Waals surface area contributed by atoms with Crippen LogP contribution in [0.3, 0.4) is 0 Å². The van der Waals surface area contributed by atoms with Gasteiger partial charge in [0.2, 0.25) is 0 Å². The molecule has 0 atom stereocenters. The highest BCUT2D eigenvalue weighted by Crippen LogP contribution is 2.51. The van der Waals surface area contributed by atoms with Gasteiger partial charge in [0.1, 0.15) is 0 Å². The van der Waals surface area contributed by atoms with Gasteiger partial charge >= 0.3 is 0 Å². The molecule has 0 unspecified atom stereocenters. The minimum Gasteiger partial charge on any atom is -0.309 e. The first-order valence-electron chi connectivity index (χ1n) is 15.9. The Hall–Kier alpha value is -5.80. The molecule has 8 aromatic rings. The zero-order valence-electron chi connectivity index (χ0n) is 25.8. The van der Waals surface area contributed by atoms with Crippen LogP contribution in [0.15, 0.2) is 152 Å². The molecule has 0 aliphatic heterocycles. The maximum Gasteiger partial charge on any atom is 0.160 e. The van der Waals surface area contributed by atoms with Crippen LogP contribution in [0.25, 0.3) is 72.5 Å². The highest BCUT2D eigenvalue weighted by Gasteiger charge is 2.40. The standard InChI is InChI=1S/C43H31N3/c1-43(2)36-20-9-6-19-35(36)41-39(43)40(44-42(45-41)29-13-4-3-5-14-29)31-16-12-15-30(27-31)28-23-25-32(26-24-28)46-37-21-10-7-17-33(37)34-18-8-11-22-38(34)46/h3-27H,1-2H3. The molecule has 2 heterocycles. The molecule has 2 aromatic heterocycles. The van der Waals surface area contributed by atoms with E-state index in [0.717, 1.165) is 39.6 Å². The normalized spacial score (nSPS) is 13.2. The molecule has 0 saturated heterocycles. The van der Waals surface area contributed by atoms with Gasteiger partial charge in [-0.25, -0.2) is 9.97 Å². The van der Waals surface area contributed by atoms with Crippen molar-refractivity contribution in [2.24, 2.45) is 0 Å². The number of benzene rings is 6. The zero-order valence-corrected chi connectivity index (χ0v) is 25.8. The van der Waals surface area contributed by atoms with Gasteiger partial charge in [0.15, 0.2) is 5.82 Å². The topological polar surface area (TPSA) is 30.7 Å². The van der Waals surface area contributed by atoms with Crippen LogP contribution in [0.4, 0.5) is 0 Å². The van der Waals surface area contributed by atoms with Gasteiger partial charge in [-0.2, -0.15) is 0 Å². The fourth-order valence-electron chi connectivity index (χ4n) is 7.39. The van der Waals surface area contributed by atoms with Gasteiger partial charge in [-0.15, -0.1) is 0 Å². The molecule has 0 radical (unpaired) electrons. The van der Waals surface area contributed by atoms with E-state index < -0.39 is 0 Å². The van der Waals surface area contributed by atoms with Gasteiger partial charge in [0.25, 0.3) is 0 Å². The third-order valence-corrected chi connectivity index (χ3v) is 9.60. The average molecular weight is 590 g/mol. The Kier molecular flexibility index (Phi) is 5.85. The molecule has 1 aliphatic rings. The van der Waals surface area contributed by atoms with Crippen molar-refractivity contribution in [3.63, 3.8) is 0 Å². The van der Waals surface area contributed by atoms with Crippen molar-refractivity contribution < 1.29 is 0 Å². The minimum atomic E-state index is -0.226. The predicted octanol–water partition coefficient (Wildman–Crippen LogP) is 10.9. The first-order chi connectivity index (χ1) is 22.6. The molecule has 0 N–H and O–H groups in total. The van der Waals surface area contributed by atoms with Crippen molar-refractivity contribution in [3.05, 3.63) is 163 Å². The molecule has 6 aromatic carbocycles. The number of hydrogen-bond donors (Lipinski definition) is 0. The van der Waals surface area contributed by atoms with E-state index in [4.69, 9.17) is 9.97 Å². The largest absolute Gasteiger partial charge is 0.309 e. The summed E-state index contributed by atoms with van der Waals surface area (Å²) in [5, 5.41) is 2.54. The Morgan fingerprint density at radius 3 is 1.80 bits per heavy atom. The van der Waals surface area contributed by atoms with Gasteiger partial charge in [-0.3, -0.25) is 0 Å². The van der Waals surface area contributed by atoms with Crippen LogP contribution in [0.1, 0.15) is 25.0 Å². The zero-order chi connectivity index (χ0) is 30.8. The summed E-state index contributed by atoms with van der Waals surface area (Å²) in [4.78, 5) is 10.5. The molecule has 0 saturated carbocycles. The van der Waals surface area contributed by atoms with Crippen molar-refractivity contribution >= 4 is 21.8 Å². The maximum atomic E-state index is 5.29. The van der Waals surface area contributed by atoms with E-state index in [1.54, 1.807) is 0 Å². The SMILES string of the molecule is CC1(C)c2ccccc2-c2nc(-c3ccccc3)nc(-c3cccc(-c4ccc(-n5c6ccccc6c6ccccc65)cc4)c3)c21. The lowest BCUT2D eigenvalue weighted by Crippen LogP contribution is -2.17. The number of rotatable bonds is 4. The summed E-state index contributed by atoms with van der Waals surface area (Å²) < 4.78 is 2.36. The van der Waals surface area contributed by atoms with Crippen LogP contribution in [0, 0.1) is 0 Å². The Balaban J connectivity index is 1.18. The summed E-state index contributed by atoms with van der Waals surface area (Å²) in [5.41, 5.74) is 13.5. The van der Waals surface area contributed by atoms with Crippen LogP contribution in [-0.4, -0.2) is 14.5 Å². The van der Waals surface area contributed by atoms with Crippen LogP contribution in [0.2, 0.25) is 0 Å². The van der Waals surface area contributed by atoms with E-state index in [2.05, 4.69) is 152 Å². The summed E-state index contributed by atoms with van der Waals surface area (Å²) >= 11 is 0. The predicted molar refractivity (Wildman–Crippen MR) is 190 cm³/mol. The summed E-state index contributed by atoms with van der Waals surface area (Å²) in [6.45, 7) is 4.59. The van der Waals surface area contributed by atoms with Crippen LogP contribution >= 0.6 is 0 Å². The van der Waals surface area contributed by atoms with Crippen molar-refractivity contribution in [2.75, 3.05) is 0 Å². The van der Waals surface area contributed by atoms with E-state index in [0.29, 0.717) is 0 Å².